The number of halogens is 1. The van der Waals surface area contributed by atoms with Crippen molar-refractivity contribution in [3.63, 3.8) is 0 Å². The van der Waals surface area contributed by atoms with E-state index in [4.69, 9.17) is 0 Å². The van der Waals surface area contributed by atoms with Crippen molar-refractivity contribution in [2.75, 3.05) is 7.05 Å². The van der Waals surface area contributed by atoms with Crippen molar-refractivity contribution in [3.05, 3.63) is 63.4 Å². The molecule has 1 aromatic carbocycles. The second-order valence-electron chi connectivity index (χ2n) is 4.85. The maximum Gasteiger partial charge on any atom is 0.0718 e. The first-order valence-electron chi connectivity index (χ1n) is 6.45. The Kier molecular flexibility index (Phi) is 4.72. The third-order valence-corrected chi connectivity index (χ3v) is 4.06. The number of benzene rings is 1. The number of likely N-dealkylation sites (N-methyl/N-ethyl adjacent to an activating group) is 1. The van der Waals surface area contributed by atoms with E-state index in [1.54, 1.807) is 0 Å². The minimum absolute atomic E-state index is 0.219. The van der Waals surface area contributed by atoms with Crippen LogP contribution in [0.4, 0.5) is 0 Å². The van der Waals surface area contributed by atoms with E-state index >= 15 is 0 Å². The van der Waals surface area contributed by atoms with Crippen molar-refractivity contribution in [1.82, 2.24) is 10.3 Å². The van der Waals surface area contributed by atoms with Crippen molar-refractivity contribution in [3.8, 4) is 0 Å². The largest absolute Gasteiger partial charge is 0.311 e. The van der Waals surface area contributed by atoms with Crippen molar-refractivity contribution >= 4 is 15.9 Å². The van der Waals surface area contributed by atoms with Crippen LogP contribution in [-0.4, -0.2) is 12.0 Å². The predicted octanol–water partition coefficient (Wildman–Crippen LogP) is 3.96. The molecule has 2 aromatic rings. The summed E-state index contributed by atoms with van der Waals surface area (Å²) in [5.74, 6) is 0. The average Bonchev–Trinajstić information content (AvgIpc) is 2.41. The van der Waals surface area contributed by atoms with Gasteiger partial charge < -0.3 is 5.32 Å². The van der Waals surface area contributed by atoms with E-state index in [0.29, 0.717) is 0 Å². The zero-order valence-electron chi connectivity index (χ0n) is 11.6. The maximum absolute atomic E-state index is 4.49. The Bertz CT molecular complexity index is 566. The third kappa shape index (κ3) is 3.43. The third-order valence-electron chi connectivity index (χ3n) is 3.39. The first-order valence-corrected chi connectivity index (χ1v) is 7.25. The molecule has 1 atom stereocenters. The molecule has 0 amide bonds. The average molecular weight is 319 g/mol. The SMILES string of the molecule is CNC(Cc1cc(C)ccc1C)c1ncccc1Br. The highest BCUT2D eigenvalue weighted by molar-refractivity contribution is 9.10. The molecule has 0 aliphatic heterocycles. The Morgan fingerprint density at radius 1 is 1.26 bits per heavy atom. The van der Waals surface area contributed by atoms with Crippen molar-refractivity contribution in [2.24, 2.45) is 0 Å². The molecule has 0 aliphatic carbocycles. The highest BCUT2D eigenvalue weighted by atomic mass is 79.9. The molecular weight excluding hydrogens is 300 g/mol. The Hall–Kier alpha value is -1.19. The number of rotatable bonds is 4. The fourth-order valence-corrected chi connectivity index (χ4v) is 2.76. The van der Waals surface area contributed by atoms with Crippen LogP contribution < -0.4 is 5.32 Å². The van der Waals surface area contributed by atoms with E-state index in [-0.39, 0.29) is 6.04 Å². The van der Waals surface area contributed by atoms with Gasteiger partial charge in [-0.25, -0.2) is 0 Å². The zero-order chi connectivity index (χ0) is 13.8. The van der Waals surface area contributed by atoms with E-state index in [0.717, 1.165) is 16.6 Å². The summed E-state index contributed by atoms with van der Waals surface area (Å²) < 4.78 is 1.06. The van der Waals surface area contributed by atoms with Gasteiger partial charge in [0.05, 0.1) is 11.7 Å². The molecule has 2 nitrogen and oxygen atoms in total. The summed E-state index contributed by atoms with van der Waals surface area (Å²) in [7, 11) is 1.98. The highest BCUT2D eigenvalue weighted by Gasteiger charge is 2.15. The van der Waals surface area contributed by atoms with Crippen LogP contribution in [0, 0.1) is 13.8 Å². The molecule has 100 valence electrons. The van der Waals surface area contributed by atoms with E-state index in [2.05, 4.69) is 58.3 Å². The van der Waals surface area contributed by atoms with Crippen molar-refractivity contribution in [2.45, 2.75) is 26.3 Å². The fraction of sp³-hybridized carbons (Fsp3) is 0.312. The van der Waals surface area contributed by atoms with Gasteiger partial charge in [-0.15, -0.1) is 0 Å². The normalized spacial score (nSPS) is 12.4. The minimum Gasteiger partial charge on any atom is -0.311 e. The topological polar surface area (TPSA) is 24.9 Å². The number of nitrogens with one attached hydrogen (secondary N) is 1. The zero-order valence-corrected chi connectivity index (χ0v) is 13.2. The number of aryl methyl sites for hydroxylation is 2. The molecule has 0 fully saturated rings. The molecular formula is C16H19BrN2. The molecule has 0 saturated heterocycles. The molecule has 2 rings (SSSR count). The first kappa shape index (κ1) is 14.2. The lowest BCUT2D eigenvalue weighted by Gasteiger charge is -2.18. The molecule has 3 heteroatoms. The van der Waals surface area contributed by atoms with Gasteiger partial charge in [0.25, 0.3) is 0 Å². The second-order valence-corrected chi connectivity index (χ2v) is 5.70. The Labute approximate surface area is 123 Å². The highest BCUT2D eigenvalue weighted by Crippen LogP contribution is 2.25. The van der Waals surface area contributed by atoms with Crippen LogP contribution in [0.3, 0.4) is 0 Å². The quantitative estimate of drug-likeness (QED) is 0.922. The van der Waals surface area contributed by atoms with E-state index < -0.39 is 0 Å². The Morgan fingerprint density at radius 3 is 2.74 bits per heavy atom. The van der Waals surface area contributed by atoms with Gasteiger partial charge in [-0.2, -0.15) is 0 Å². The summed E-state index contributed by atoms with van der Waals surface area (Å²) in [5, 5.41) is 3.36. The molecule has 1 heterocycles. The van der Waals surface area contributed by atoms with E-state index in [9.17, 15) is 0 Å². The standard InChI is InChI=1S/C16H19BrN2/c1-11-6-7-12(2)13(9-11)10-15(18-3)16-14(17)5-4-8-19-16/h4-9,15,18H,10H2,1-3H3. The maximum atomic E-state index is 4.49. The fourth-order valence-electron chi connectivity index (χ4n) is 2.23. The number of hydrogen-bond donors (Lipinski definition) is 1. The van der Waals surface area contributed by atoms with Gasteiger partial charge in [0.2, 0.25) is 0 Å². The van der Waals surface area contributed by atoms with Crippen molar-refractivity contribution < 1.29 is 0 Å². The second kappa shape index (κ2) is 6.31. The number of hydrogen-bond acceptors (Lipinski definition) is 2. The number of nitrogens with zero attached hydrogens (tertiary/aromatic N) is 1. The molecule has 0 spiro atoms. The summed E-state index contributed by atoms with van der Waals surface area (Å²) in [4.78, 5) is 4.49. The van der Waals surface area contributed by atoms with Gasteiger partial charge in [0, 0.05) is 10.7 Å². The van der Waals surface area contributed by atoms with Gasteiger partial charge >= 0.3 is 0 Å². The summed E-state index contributed by atoms with van der Waals surface area (Å²) in [6.45, 7) is 4.29. The van der Waals surface area contributed by atoms with Gasteiger partial charge in [0.15, 0.2) is 0 Å². The lowest BCUT2D eigenvalue weighted by molar-refractivity contribution is 0.572. The molecule has 0 bridgehead atoms. The van der Waals surface area contributed by atoms with Crippen LogP contribution in [0.5, 0.6) is 0 Å². The van der Waals surface area contributed by atoms with E-state index in [1.807, 2.05) is 25.4 Å². The molecule has 1 unspecified atom stereocenters. The van der Waals surface area contributed by atoms with Gasteiger partial charge in [0.1, 0.15) is 0 Å². The lowest BCUT2D eigenvalue weighted by atomic mass is 9.97. The van der Waals surface area contributed by atoms with Gasteiger partial charge in [-0.1, -0.05) is 23.8 Å². The van der Waals surface area contributed by atoms with Crippen LogP contribution in [0.1, 0.15) is 28.4 Å². The van der Waals surface area contributed by atoms with Crippen LogP contribution in [0.25, 0.3) is 0 Å². The summed E-state index contributed by atoms with van der Waals surface area (Å²) >= 11 is 3.58. The minimum atomic E-state index is 0.219. The predicted molar refractivity (Wildman–Crippen MR) is 83.4 cm³/mol. The first-order chi connectivity index (χ1) is 9.11. The summed E-state index contributed by atoms with van der Waals surface area (Å²) in [6, 6.07) is 10.8. The molecule has 19 heavy (non-hydrogen) atoms. The smallest absolute Gasteiger partial charge is 0.0718 e. The van der Waals surface area contributed by atoms with Crippen LogP contribution in [0.15, 0.2) is 41.0 Å². The Balaban J connectivity index is 2.29. The monoisotopic (exact) mass is 318 g/mol. The summed E-state index contributed by atoms with van der Waals surface area (Å²) in [6.07, 6.45) is 2.78. The van der Waals surface area contributed by atoms with Gasteiger partial charge in [-0.3, -0.25) is 4.98 Å². The molecule has 0 aliphatic rings. The molecule has 1 N–H and O–H groups in total. The molecule has 0 radical (unpaired) electrons. The lowest BCUT2D eigenvalue weighted by Crippen LogP contribution is -2.21. The van der Waals surface area contributed by atoms with Gasteiger partial charge in [-0.05, 0) is 66.5 Å². The molecule has 0 saturated carbocycles. The number of pyridine rings is 1. The number of aromatic nitrogens is 1. The van der Waals surface area contributed by atoms with Crippen LogP contribution in [0.2, 0.25) is 0 Å². The Morgan fingerprint density at radius 2 is 2.05 bits per heavy atom. The summed E-state index contributed by atoms with van der Waals surface area (Å²) in [5.41, 5.74) is 5.07. The van der Waals surface area contributed by atoms with E-state index in [1.165, 1.54) is 16.7 Å². The van der Waals surface area contributed by atoms with Crippen LogP contribution in [-0.2, 0) is 6.42 Å². The van der Waals surface area contributed by atoms with Crippen molar-refractivity contribution in [1.29, 1.82) is 0 Å². The van der Waals surface area contributed by atoms with Crippen LogP contribution >= 0.6 is 15.9 Å². The molecule has 1 aromatic heterocycles.